The standard InChI is InChI=1S/C13H17ClFNS/c1-17-13(6-3-7-13)9-16-8-10-4-2-5-11(15)12(10)14/h2,4-5,16H,3,6-9H2,1H3. The summed E-state index contributed by atoms with van der Waals surface area (Å²) in [4.78, 5) is 0. The van der Waals surface area contributed by atoms with Gasteiger partial charge >= 0.3 is 0 Å². The smallest absolute Gasteiger partial charge is 0.142 e. The third kappa shape index (κ3) is 2.95. The van der Waals surface area contributed by atoms with E-state index in [1.807, 2.05) is 17.8 Å². The van der Waals surface area contributed by atoms with Crippen LogP contribution in [0.1, 0.15) is 24.8 Å². The van der Waals surface area contributed by atoms with Gasteiger partial charge in [-0.2, -0.15) is 11.8 Å². The number of thioether (sulfide) groups is 1. The van der Waals surface area contributed by atoms with Crippen molar-refractivity contribution in [2.45, 2.75) is 30.6 Å². The Morgan fingerprint density at radius 3 is 2.82 bits per heavy atom. The first-order chi connectivity index (χ1) is 8.17. The molecule has 0 bridgehead atoms. The fourth-order valence-corrected chi connectivity index (χ4v) is 3.27. The van der Waals surface area contributed by atoms with Crippen molar-refractivity contribution in [3.05, 3.63) is 34.6 Å². The van der Waals surface area contributed by atoms with E-state index in [0.717, 1.165) is 12.1 Å². The molecule has 1 fully saturated rings. The highest BCUT2D eigenvalue weighted by atomic mass is 35.5. The van der Waals surface area contributed by atoms with E-state index in [9.17, 15) is 4.39 Å². The van der Waals surface area contributed by atoms with Gasteiger partial charge in [0.15, 0.2) is 0 Å². The van der Waals surface area contributed by atoms with E-state index >= 15 is 0 Å². The second kappa shape index (κ2) is 5.59. The summed E-state index contributed by atoms with van der Waals surface area (Å²) in [6.07, 6.45) is 6.04. The molecule has 2 rings (SSSR count). The van der Waals surface area contributed by atoms with E-state index in [4.69, 9.17) is 11.6 Å². The van der Waals surface area contributed by atoms with Crippen LogP contribution in [-0.2, 0) is 6.54 Å². The van der Waals surface area contributed by atoms with Gasteiger partial charge in [-0.15, -0.1) is 0 Å². The van der Waals surface area contributed by atoms with Crippen molar-refractivity contribution >= 4 is 23.4 Å². The third-order valence-corrected chi connectivity index (χ3v) is 5.33. The number of rotatable bonds is 5. The maximum absolute atomic E-state index is 13.2. The Hall–Kier alpha value is -0.250. The molecule has 1 aromatic rings. The molecule has 0 spiro atoms. The molecule has 4 heteroatoms. The Labute approximate surface area is 111 Å². The molecule has 17 heavy (non-hydrogen) atoms. The maximum atomic E-state index is 13.2. The van der Waals surface area contributed by atoms with E-state index < -0.39 is 0 Å². The van der Waals surface area contributed by atoms with Gasteiger partial charge < -0.3 is 5.32 Å². The minimum Gasteiger partial charge on any atom is -0.311 e. The number of hydrogen-bond donors (Lipinski definition) is 1. The summed E-state index contributed by atoms with van der Waals surface area (Å²) in [5.74, 6) is -0.339. The number of halogens is 2. The van der Waals surface area contributed by atoms with Crippen molar-refractivity contribution in [2.75, 3.05) is 12.8 Å². The van der Waals surface area contributed by atoms with E-state index in [1.54, 1.807) is 6.07 Å². The molecule has 1 saturated carbocycles. The summed E-state index contributed by atoms with van der Waals surface area (Å²) in [7, 11) is 0. The molecule has 0 aliphatic heterocycles. The summed E-state index contributed by atoms with van der Waals surface area (Å²) in [6, 6.07) is 4.96. The second-order valence-corrected chi connectivity index (χ2v) is 6.21. The van der Waals surface area contributed by atoms with Crippen LogP contribution in [-0.4, -0.2) is 17.5 Å². The number of benzene rings is 1. The van der Waals surface area contributed by atoms with Crippen molar-refractivity contribution in [3.8, 4) is 0 Å². The second-order valence-electron chi connectivity index (χ2n) is 4.56. The van der Waals surface area contributed by atoms with Crippen LogP contribution < -0.4 is 5.32 Å². The molecule has 0 heterocycles. The Kier molecular flexibility index (Phi) is 4.34. The van der Waals surface area contributed by atoms with Gasteiger partial charge in [-0.25, -0.2) is 4.39 Å². The quantitative estimate of drug-likeness (QED) is 0.874. The zero-order chi connectivity index (χ0) is 12.3. The average molecular weight is 274 g/mol. The largest absolute Gasteiger partial charge is 0.311 e. The molecule has 1 N–H and O–H groups in total. The van der Waals surface area contributed by atoms with E-state index in [-0.39, 0.29) is 10.8 Å². The summed E-state index contributed by atoms with van der Waals surface area (Å²) in [6.45, 7) is 1.61. The summed E-state index contributed by atoms with van der Waals surface area (Å²) < 4.78 is 13.6. The monoisotopic (exact) mass is 273 g/mol. The molecule has 1 aromatic carbocycles. The third-order valence-electron chi connectivity index (χ3n) is 3.49. The van der Waals surface area contributed by atoms with Crippen LogP contribution in [0.4, 0.5) is 4.39 Å². The van der Waals surface area contributed by atoms with Gasteiger partial charge in [-0.05, 0) is 30.7 Å². The van der Waals surface area contributed by atoms with Crippen molar-refractivity contribution in [2.24, 2.45) is 0 Å². The number of hydrogen-bond acceptors (Lipinski definition) is 2. The van der Waals surface area contributed by atoms with Crippen LogP contribution in [0.5, 0.6) is 0 Å². The van der Waals surface area contributed by atoms with Gasteiger partial charge in [-0.1, -0.05) is 30.2 Å². The highest BCUT2D eigenvalue weighted by molar-refractivity contribution is 8.00. The van der Waals surface area contributed by atoms with E-state index in [1.165, 1.54) is 25.3 Å². The Morgan fingerprint density at radius 2 is 2.24 bits per heavy atom. The lowest BCUT2D eigenvalue weighted by molar-refractivity contribution is 0.345. The average Bonchev–Trinajstić information content (AvgIpc) is 2.28. The SMILES string of the molecule is CSC1(CNCc2cccc(F)c2Cl)CCC1. The molecule has 1 aliphatic carbocycles. The lowest BCUT2D eigenvalue weighted by atomic mass is 9.84. The fourth-order valence-electron chi connectivity index (χ4n) is 2.13. The van der Waals surface area contributed by atoms with Crippen molar-refractivity contribution in [1.82, 2.24) is 5.32 Å². The van der Waals surface area contributed by atoms with Gasteiger partial charge in [0, 0.05) is 17.8 Å². The first kappa shape index (κ1) is 13.2. The summed E-state index contributed by atoms with van der Waals surface area (Å²) in [5, 5.41) is 3.63. The molecule has 94 valence electrons. The van der Waals surface area contributed by atoms with Gasteiger partial charge in [0.05, 0.1) is 5.02 Å². The molecule has 0 atom stereocenters. The zero-order valence-electron chi connectivity index (χ0n) is 9.93. The van der Waals surface area contributed by atoms with Gasteiger partial charge in [0.1, 0.15) is 5.82 Å². The lowest BCUT2D eigenvalue weighted by Gasteiger charge is -2.40. The van der Waals surface area contributed by atoms with Crippen LogP contribution in [0.2, 0.25) is 5.02 Å². The van der Waals surface area contributed by atoms with Gasteiger partial charge in [0.25, 0.3) is 0 Å². The van der Waals surface area contributed by atoms with E-state index in [0.29, 0.717) is 11.3 Å². The maximum Gasteiger partial charge on any atom is 0.142 e. The predicted octanol–water partition coefficient (Wildman–Crippen LogP) is 3.85. The first-order valence-electron chi connectivity index (χ1n) is 5.86. The fraction of sp³-hybridized carbons (Fsp3) is 0.538. The minimum absolute atomic E-state index is 0.242. The highest BCUT2D eigenvalue weighted by Gasteiger charge is 2.35. The van der Waals surface area contributed by atoms with Crippen LogP contribution in [0.15, 0.2) is 18.2 Å². The molecule has 1 nitrogen and oxygen atoms in total. The zero-order valence-corrected chi connectivity index (χ0v) is 11.5. The van der Waals surface area contributed by atoms with E-state index in [2.05, 4.69) is 11.6 Å². The minimum atomic E-state index is -0.339. The van der Waals surface area contributed by atoms with Gasteiger partial charge in [-0.3, -0.25) is 0 Å². The Morgan fingerprint density at radius 1 is 1.47 bits per heavy atom. The molecule has 0 unspecified atom stereocenters. The molecular weight excluding hydrogens is 257 g/mol. The first-order valence-corrected chi connectivity index (χ1v) is 7.46. The molecule has 0 amide bonds. The Bertz CT molecular complexity index is 387. The molecular formula is C13H17ClFNS. The predicted molar refractivity (Wildman–Crippen MR) is 73.2 cm³/mol. The molecule has 0 radical (unpaired) electrons. The van der Waals surface area contributed by atoms with Gasteiger partial charge in [0.2, 0.25) is 0 Å². The Balaban J connectivity index is 1.88. The molecule has 0 saturated heterocycles. The summed E-state index contributed by atoms with van der Waals surface area (Å²) >= 11 is 7.84. The van der Waals surface area contributed by atoms with Crippen LogP contribution in [0, 0.1) is 5.82 Å². The van der Waals surface area contributed by atoms with Crippen molar-refractivity contribution in [3.63, 3.8) is 0 Å². The van der Waals surface area contributed by atoms with Crippen LogP contribution >= 0.6 is 23.4 Å². The van der Waals surface area contributed by atoms with Crippen LogP contribution in [0.25, 0.3) is 0 Å². The summed E-state index contributed by atoms with van der Waals surface area (Å²) in [5.41, 5.74) is 0.835. The normalized spacial score (nSPS) is 17.8. The number of nitrogens with one attached hydrogen (secondary N) is 1. The van der Waals surface area contributed by atoms with Crippen molar-refractivity contribution in [1.29, 1.82) is 0 Å². The lowest BCUT2D eigenvalue weighted by Crippen LogP contribution is -2.43. The molecule has 1 aliphatic rings. The highest BCUT2D eigenvalue weighted by Crippen LogP contribution is 2.42. The van der Waals surface area contributed by atoms with Crippen LogP contribution in [0.3, 0.4) is 0 Å². The topological polar surface area (TPSA) is 12.0 Å². The van der Waals surface area contributed by atoms with Crippen molar-refractivity contribution < 1.29 is 4.39 Å². The molecule has 0 aromatic heterocycles.